The fourth-order valence-corrected chi connectivity index (χ4v) is 2.55. The smallest absolute Gasteiger partial charge is 0.251 e. The molecule has 3 rings (SSSR count). The number of benzene rings is 1. The summed E-state index contributed by atoms with van der Waals surface area (Å²) in [5, 5.41) is 3.06. The van der Waals surface area contributed by atoms with Gasteiger partial charge in [-0.15, -0.1) is 0 Å². The number of carbonyl (C=O) groups excluding carboxylic acids is 2. The maximum Gasteiger partial charge on any atom is 0.251 e. The molecule has 1 aliphatic heterocycles. The zero-order chi connectivity index (χ0) is 14.8. The van der Waals surface area contributed by atoms with E-state index >= 15 is 0 Å². The molecule has 1 fully saturated rings. The van der Waals surface area contributed by atoms with Crippen molar-refractivity contribution in [1.82, 2.24) is 5.32 Å². The van der Waals surface area contributed by atoms with Crippen molar-refractivity contribution >= 4 is 33.4 Å². The van der Waals surface area contributed by atoms with Crippen LogP contribution in [0.3, 0.4) is 0 Å². The predicted octanol–water partition coefficient (Wildman–Crippen LogP) is 2.46. The van der Waals surface area contributed by atoms with Crippen LogP contribution in [0.2, 0.25) is 0 Å². The molecule has 1 aromatic heterocycles. The molecule has 21 heavy (non-hydrogen) atoms. The molecular formula is C15H13BrN2O3. The molecule has 2 heterocycles. The summed E-state index contributed by atoms with van der Waals surface area (Å²) in [6.45, 7) is 0.421. The summed E-state index contributed by atoms with van der Waals surface area (Å²) in [6, 6.07) is 10.2. The van der Waals surface area contributed by atoms with Crippen molar-refractivity contribution in [3.63, 3.8) is 0 Å². The highest BCUT2D eigenvalue weighted by Gasteiger charge is 2.39. The normalized spacial score (nSPS) is 18.5. The zero-order valence-electron chi connectivity index (χ0n) is 11.1. The van der Waals surface area contributed by atoms with Crippen LogP contribution in [0, 0.1) is 0 Å². The van der Waals surface area contributed by atoms with E-state index in [1.54, 1.807) is 36.6 Å². The lowest BCUT2D eigenvalue weighted by molar-refractivity contribution is -0.121. The Morgan fingerprint density at radius 3 is 2.67 bits per heavy atom. The van der Waals surface area contributed by atoms with E-state index in [0.717, 1.165) is 10.2 Å². The summed E-state index contributed by atoms with van der Waals surface area (Å²) in [5.74, 6) is 0.311. The molecular weight excluding hydrogens is 336 g/mol. The molecule has 2 amide bonds. The highest BCUT2D eigenvalue weighted by atomic mass is 79.9. The van der Waals surface area contributed by atoms with Gasteiger partial charge in [0.1, 0.15) is 5.76 Å². The van der Waals surface area contributed by atoms with Crippen molar-refractivity contribution in [3.05, 3.63) is 52.9 Å². The Morgan fingerprint density at radius 2 is 2.00 bits per heavy atom. The van der Waals surface area contributed by atoms with Gasteiger partial charge in [-0.25, -0.2) is 4.90 Å². The fraction of sp³-hybridized carbons (Fsp3) is 0.200. The molecule has 0 bridgehead atoms. The maximum atomic E-state index is 12.4. The van der Waals surface area contributed by atoms with E-state index in [1.165, 1.54) is 4.90 Å². The summed E-state index contributed by atoms with van der Waals surface area (Å²) < 4.78 is 6.10. The minimum absolute atomic E-state index is 0.162. The second-order valence-corrected chi connectivity index (χ2v) is 5.68. The predicted molar refractivity (Wildman–Crippen MR) is 80.6 cm³/mol. The van der Waals surface area contributed by atoms with Crippen LogP contribution in [0.25, 0.3) is 0 Å². The molecule has 1 unspecified atom stereocenters. The minimum atomic E-state index is -0.508. The first-order valence-electron chi connectivity index (χ1n) is 6.53. The molecule has 1 aromatic carbocycles. The quantitative estimate of drug-likeness (QED) is 0.862. The van der Waals surface area contributed by atoms with Crippen molar-refractivity contribution in [2.24, 2.45) is 0 Å². The van der Waals surface area contributed by atoms with Crippen LogP contribution in [-0.4, -0.2) is 17.9 Å². The van der Waals surface area contributed by atoms with Crippen molar-refractivity contribution < 1.29 is 14.0 Å². The van der Waals surface area contributed by atoms with Crippen LogP contribution in [0.5, 0.6) is 0 Å². The lowest BCUT2D eigenvalue weighted by Gasteiger charge is -2.15. The van der Waals surface area contributed by atoms with Crippen molar-refractivity contribution in [2.45, 2.75) is 19.0 Å². The van der Waals surface area contributed by atoms with Gasteiger partial charge in [0.25, 0.3) is 5.91 Å². The van der Waals surface area contributed by atoms with Crippen molar-refractivity contribution in [3.8, 4) is 0 Å². The van der Waals surface area contributed by atoms with E-state index < -0.39 is 6.04 Å². The molecule has 0 saturated carbocycles. The van der Waals surface area contributed by atoms with Gasteiger partial charge in [-0.3, -0.25) is 14.9 Å². The number of imide groups is 1. The summed E-state index contributed by atoms with van der Waals surface area (Å²) in [6.07, 6.45) is 1.74. The molecule has 1 saturated heterocycles. The first kappa shape index (κ1) is 14.0. The van der Waals surface area contributed by atoms with Gasteiger partial charge in [0.2, 0.25) is 5.91 Å². The standard InChI is InChI=1S/C15H13BrN2O3/c16-10-3-5-11(6-4-10)18-14(19)8-13(15(18)20)17-9-12-2-1-7-21-12/h1-7,13,17H,8-9H2. The molecule has 108 valence electrons. The number of hydrogen-bond donors (Lipinski definition) is 1. The highest BCUT2D eigenvalue weighted by Crippen LogP contribution is 2.24. The van der Waals surface area contributed by atoms with Crippen LogP contribution in [0.15, 0.2) is 51.6 Å². The number of rotatable bonds is 4. The monoisotopic (exact) mass is 348 g/mol. The van der Waals surface area contributed by atoms with Gasteiger partial charge >= 0.3 is 0 Å². The Kier molecular flexibility index (Phi) is 3.90. The van der Waals surface area contributed by atoms with Gasteiger partial charge in [0, 0.05) is 4.47 Å². The first-order valence-corrected chi connectivity index (χ1v) is 7.32. The van der Waals surface area contributed by atoms with Crippen LogP contribution in [-0.2, 0) is 16.1 Å². The summed E-state index contributed by atoms with van der Waals surface area (Å²) >= 11 is 3.33. The Morgan fingerprint density at radius 1 is 1.24 bits per heavy atom. The molecule has 0 radical (unpaired) electrons. The third-order valence-electron chi connectivity index (χ3n) is 3.33. The summed E-state index contributed by atoms with van der Waals surface area (Å²) in [7, 11) is 0. The molecule has 6 heteroatoms. The van der Waals surface area contributed by atoms with E-state index in [0.29, 0.717) is 12.2 Å². The van der Waals surface area contributed by atoms with Crippen LogP contribution in [0.1, 0.15) is 12.2 Å². The first-order chi connectivity index (χ1) is 10.1. The van der Waals surface area contributed by atoms with Gasteiger partial charge < -0.3 is 4.42 Å². The van der Waals surface area contributed by atoms with E-state index in [2.05, 4.69) is 21.2 Å². The van der Waals surface area contributed by atoms with Gasteiger partial charge in [0.05, 0.1) is 31.0 Å². The molecule has 0 aliphatic carbocycles. The third-order valence-corrected chi connectivity index (χ3v) is 3.86. The van der Waals surface area contributed by atoms with Crippen LogP contribution < -0.4 is 10.2 Å². The van der Waals surface area contributed by atoms with Crippen LogP contribution in [0.4, 0.5) is 5.69 Å². The van der Waals surface area contributed by atoms with Crippen LogP contribution >= 0.6 is 15.9 Å². The number of amides is 2. The Labute approximate surface area is 130 Å². The van der Waals surface area contributed by atoms with Crippen molar-refractivity contribution in [2.75, 3.05) is 4.90 Å². The van der Waals surface area contributed by atoms with Gasteiger partial charge in [-0.1, -0.05) is 15.9 Å². The molecule has 1 atom stereocenters. The second-order valence-electron chi connectivity index (χ2n) is 4.76. The largest absolute Gasteiger partial charge is 0.468 e. The second kappa shape index (κ2) is 5.83. The minimum Gasteiger partial charge on any atom is -0.468 e. The fourth-order valence-electron chi connectivity index (χ4n) is 2.29. The number of hydrogen-bond acceptors (Lipinski definition) is 4. The maximum absolute atomic E-state index is 12.4. The van der Waals surface area contributed by atoms with Crippen molar-refractivity contribution in [1.29, 1.82) is 0 Å². The van der Waals surface area contributed by atoms with E-state index in [4.69, 9.17) is 4.42 Å². The highest BCUT2D eigenvalue weighted by molar-refractivity contribution is 9.10. The zero-order valence-corrected chi connectivity index (χ0v) is 12.7. The average molecular weight is 349 g/mol. The van der Waals surface area contributed by atoms with E-state index in [-0.39, 0.29) is 18.2 Å². The SMILES string of the molecule is O=C1CC(NCc2ccco2)C(=O)N1c1ccc(Br)cc1. The number of nitrogens with zero attached hydrogens (tertiary/aromatic N) is 1. The molecule has 1 aliphatic rings. The number of furan rings is 1. The summed E-state index contributed by atoms with van der Waals surface area (Å²) in [5.41, 5.74) is 0.593. The molecule has 0 spiro atoms. The third kappa shape index (κ3) is 2.91. The van der Waals surface area contributed by atoms with Gasteiger partial charge in [-0.05, 0) is 36.4 Å². The Hall–Kier alpha value is -1.92. The number of nitrogens with one attached hydrogen (secondary N) is 1. The summed E-state index contributed by atoms with van der Waals surface area (Å²) in [4.78, 5) is 25.7. The van der Waals surface area contributed by atoms with E-state index in [1.807, 2.05) is 6.07 Å². The molecule has 2 aromatic rings. The Bertz CT molecular complexity index is 652. The number of anilines is 1. The average Bonchev–Trinajstić information content (AvgIpc) is 3.07. The Balaban J connectivity index is 1.71. The van der Waals surface area contributed by atoms with Gasteiger partial charge in [0.15, 0.2) is 0 Å². The number of halogens is 1. The molecule has 1 N–H and O–H groups in total. The lowest BCUT2D eigenvalue weighted by Crippen LogP contribution is -2.38. The van der Waals surface area contributed by atoms with Gasteiger partial charge in [-0.2, -0.15) is 0 Å². The topological polar surface area (TPSA) is 62.6 Å². The molecule has 5 nitrogen and oxygen atoms in total. The van der Waals surface area contributed by atoms with E-state index in [9.17, 15) is 9.59 Å². The number of carbonyl (C=O) groups is 2. The lowest BCUT2D eigenvalue weighted by atomic mass is 10.2.